The summed E-state index contributed by atoms with van der Waals surface area (Å²) in [4.78, 5) is 2.45. The highest BCUT2D eigenvalue weighted by Crippen LogP contribution is 2.22. The van der Waals surface area contributed by atoms with Crippen LogP contribution < -0.4 is 10.5 Å². The molecule has 1 aliphatic rings. The fraction of sp³-hybridized carbons (Fsp3) is 0.538. The number of benzene rings is 1. The molecule has 3 heteroatoms. The molecule has 88 valence electrons. The Kier molecular flexibility index (Phi) is 3.67. The highest BCUT2D eigenvalue weighted by Gasteiger charge is 2.11. The summed E-state index contributed by atoms with van der Waals surface area (Å²) in [6, 6.07) is 5.83. The van der Waals surface area contributed by atoms with Gasteiger partial charge in [0.2, 0.25) is 0 Å². The van der Waals surface area contributed by atoms with E-state index in [0.717, 1.165) is 30.2 Å². The minimum Gasteiger partial charge on any atom is -0.492 e. The molecule has 16 heavy (non-hydrogen) atoms. The second kappa shape index (κ2) is 5.21. The van der Waals surface area contributed by atoms with Crippen LogP contribution in [-0.4, -0.2) is 31.1 Å². The third kappa shape index (κ3) is 2.67. The van der Waals surface area contributed by atoms with Gasteiger partial charge in [-0.05, 0) is 45.0 Å². The topological polar surface area (TPSA) is 38.5 Å². The van der Waals surface area contributed by atoms with E-state index < -0.39 is 0 Å². The van der Waals surface area contributed by atoms with Crippen LogP contribution in [0.25, 0.3) is 0 Å². The second-order valence-corrected chi connectivity index (χ2v) is 4.37. The predicted octanol–water partition coefficient (Wildman–Crippen LogP) is 2.05. The molecule has 0 unspecified atom stereocenters. The van der Waals surface area contributed by atoms with Crippen molar-refractivity contribution in [2.24, 2.45) is 0 Å². The lowest BCUT2D eigenvalue weighted by Crippen LogP contribution is -2.25. The van der Waals surface area contributed by atoms with Crippen LogP contribution in [0, 0.1) is 6.92 Å². The SMILES string of the molecule is Cc1c(N)cccc1OCCN1CCCC1. The van der Waals surface area contributed by atoms with Gasteiger partial charge in [-0.25, -0.2) is 0 Å². The summed E-state index contributed by atoms with van der Waals surface area (Å²) in [6.45, 7) is 6.22. The van der Waals surface area contributed by atoms with Crippen LogP contribution >= 0.6 is 0 Å². The Labute approximate surface area is 97.2 Å². The van der Waals surface area contributed by atoms with Crippen molar-refractivity contribution in [3.8, 4) is 5.75 Å². The first kappa shape index (κ1) is 11.3. The number of rotatable bonds is 4. The lowest BCUT2D eigenvalue weighted by atomic mass is 10.2. The van der Waals surface area contributed by atoms with Gasteiger partial charge in [-0.15, -0.1) is 0 Å². The molecule has 0 atom stereocenters. The Bertz CT molecular complexity index is 346. The number of nitrogens with zero attached hydrogens (tertiary/aromatic N) is 1. The molecule has 1 saturated heterocycles. The van der Waals surface area contributed by atoms with Crippen LogP contribution in [0.15, 0.2) is 18.2 Å². The molecule has 0 bridgehead atoms. The van der Waals surface area contributed by atoms with Gasteiger partial charge in [0, 0.05) is 17.8 Å². The van der Waals surface area contributed by atoms with E-state index in [9.17, 15) is 0 Å². The quantitative estimate of drug-likeness (QED) is 0.789. The number of ether oxygens (including phenoxy) is 1. The molecular weight excluding hydrogens is 200 g/mol. The van der Waals surface area contributed by atoms with E-state index in [2.05, 4.69) is 4.90 Å². The molecule has 0 aliphatic carbocycles. The first-order chi connectivity index (χ1) is 7.77. The molecule has 0 spiro atoms. The van der Waals surface area contributed by atoms with Crippen molar-refractivity contribution in [2.45, 2.75) is 19.8 Å². The molecule has 0 saturated carbocycles. The molecule has 1 aromatic carbocycles. The fourth-order valence-corrected chi connectivity index (χ4v) is 2.08. The average Bonchev–Trinajstić information content (AvgIpc) is 2.77. The lowest BCUT2D eigenvalue weighted by Gasteiger charge is -2.16. The van der Waals surface area contributed by atoms with E-state index >= 15 is 0 Å². The van der Waals surface area contributed by atoms with Crippen LogP contribution in [0.3, 0.4) is 0 Å². The minimum absolute atomic E-state index is 0.754. The summed E-state index contributed by atoms with van der Waals surface area (Å²) in [7, 11) is 0. The number of nitrogen functional groups attached to an aromatic ring is 1. The van der Waals surface area contributed by atoms with Crippen LogP contribution in [-0.2, 0) is 0 Å². The van der Waals surface area contributed by atoms with Crippen molar-refractivity contribution in [2.75, 3.05) is 32.0 Å². The summed E-state index contributed by atoms with van der Waals surface area (Å²) in [6.07, 6.45) is 2.66. The minimum atomic E-state index is 0.754. The van der Waals surface area contributed by atoms with Gasteiger partial charge in [-0.1, -0.05) is 6.07 Å². The normalized spacial score (nSPS) is 16.6. The van der Waals surface area contributed by atoms with Gasteiger partial charge in [0.05, 0.1) is 0 Å². The molecule has 1 aromatic rings. The van der Waals surface area contributed by atoms with E-state index in [1.807, 2.05) is 25.1 Å². The van der Waals surface area contributed by atoms with E-state index in [-0.39, 0.29) is 0 Å². The summed E-state index contributed by atoms with van der Waals surface area (Å²) in [5.41, 5.74) is 7.67. The molecule has 1 aliphatic heterocycles. The Balaban J connectivity index is 1.82. The largest absolute Gasteiger partial charge is 0.492 e. The van der Waals surface area contributed by atoms with E-state index in [0.29, 0.717) is 0 Å². The van der Waals surface area contributed by atoms with Crippen molar-refractivity contribution >= 4 is 5.69 Å². The number of anilines is 1. The van der Waals surface area contributed by atoms with Gasteiger partial charge in [0.25, 0.3) is 0 Å². The molecule has 2 rings (SSSR count). The molecule has 1 fully saturated rings. The van der Waals surface area contributed by atoms with Gasteiger partial charge in [0.1, 0.15) is 12.4 Å². The van der Waals surface area contributed by atoms with Crippen LogP contribution in [0.1, 0.15) is 18.4 Å². The third-order valence-corrected chi connectivity index (χ3v) is 3.19. The summed E-state index contributed by atoms with van der Waals surface area (Å²) in [5, 5.41) is 0. The van der Waals surface area contributed by atoms with Gasteiger partial charge in [-0.3, -0.25) is 4.90 Å². The highest BCUT2D eigenvalue weighted by molar-refractivity contribution is 5.53. The van der Waals surface area contributed by atoms with Crippen LogP contribution in [0.5, 0.6) is 5.75 Å². The Morgan fingerprint density at radius 3 is 2.81 bits per heavy atom. The summed E-state index contributed by atoms with van der Waals surface area (Å²) < 4.78 is 5.76. The van der Waals surface area contributed by atoms with Crippen molar-refractivity contribution < 1.29 is 4.74 Å². The maximum absolute atomic E-state index is 5.82. The van der Waals surface area contributed by atoms with Gasteiger partial charge < -0.3 is 10.5 Å². The molecule has 0 radical (unpaired) electrons. The molecule has 0 aromatic heterocycles. The number of hydrogen-bond acceptors (Lipinski definition) is 3. The second-order valence-electron chi connectivity index (χ2n) is 4.37. The van der Waals surface area contributed by atoms with Gasteiger partial charge in [-0.2, -0.15) is 0 Å². The van der Waals surface area contributed by atoms with E-state index in [1.54, 1.807) is 0 Å². The maximum Gasteiger partial charge on any atom is 0.124 e. The maximum atomic E-state index is 5.82. The number of likely N-dealkylation sites (tertiary alicyclic amines) is 1. The molecular formula is C13H20N2O. The van der Waals surface area contributed by atoms with Crippen molar-refractivity contribution in [3.05, 3.63) is 23.8 Å². The van der Waals surface area contributed by atoms with E-state index in [4.69, 9.17) is 10.5 Å². The molecule has 1 heterocycles. The first-order valence-electron chi connectivity index (χ1n) is 5.97. The first-order valence-corrected chi connectivity index (χ1v) is 5.97. The summed E-state index contributed by atoms with van der Waals surface area (Å²) >= 11 is 0. The average molecular weight is 220 g/mol. The van der Waals surface area contributed by atoms with Crippen molar-refractivity contribution in [1.82, 2.24) is 4.90 Å². The monoisotopic (exact) mass is 220 g/mol. The molecule has 0 amide bonds. The van der Waals surface area contributed by atoms with E-state index in [1.165, 1.54) is 25.9 Å². The van der Waals surface area contributed by atoms with Crippen molar-refractivity contribution in [3.63, 3.8) is 0 Å². The fourth-order valence-electron chi connectivity index (χ4n) is 2.08. The standard InChI is InChI=1S/C13H20N2O/c1-11-12(14)5-4-6-13(11)16-10-9-15-7-2-3-8-15/h4-6H,2-3,7-10,14H2,1H3. The summed E-state index contributed by atoms with van der Waals surface area (Å²) in [5.74, 6) is 0.916. The molecule has 2 N–H and O–H groups in total. The highest BCUT2D eigenvalue weighted by atomic mass is 16.5. The molecule has 3 nitrogen and oxygen atoms in total. The third-order valence-electron chi connectivity index (χ3n) is 3.19. The Hall–Kier alpha value is -1.22. The zero-order valence-corrected chi connectivity index (χ0v) is 9.91. The van der Waals surface area contributed by atoms with Gasteiger partial charge >= 0.3 is 0 Å². The Morgan fingerprint density at radius 2 is 2.06 bits per heavy atom. The van der Waals surface area contributed by atoms with Crippen LogP contribution in [0.2, 0.25) is 0 Å². The van der Waals surface area contributed by atoms with Gasteiger partial charge in [0.15, 0.2) is 0 Å². The lowest BCUT2D eigenvalue weighted by molar-refractivity contribution is 0.237. The zero-order chi connectivity index (χ0) is 11.4. The number of hydrogen-bond donors (Lipinski definition) is 1. The van der Waals surface area contributed by atoms with Crippen molar-refractivity contribution in [1.29, 1.82) is 0 Å². The predicted molar refractivity (Wildman–Crippen MR) is 66.8 cm³/mol. The Morgan fingerprint density at radius 1 is 1.31 bits per heavy atom. The number of nitrogens with two attached hydrogens (primary N) is 1. The zero-order valence-electron chi connectivity index (χ0n) is 9.91. The van der Waals surface area contributed by atoms with Crippen LogP contribution in [0.4, 0.5) is 5.69 Å². The smallest absolute Gasteiger partial charge is 0.124 e.